The maximum Gasteiger partial charge on any atom is 0.243 e. The van der Waals surface area contributed by atoms with E-state index >= 15 is 0 Å². The number of carbonyl (C=O) groups excluding carboxylic acids is 1. The van der Waals surface area contributed by atoms with E-state index in [2.05, 4.69) is 25.4 Å². The van der Waals surface area contributed by atoms with Gasteiger partial charge in [-0.05, 0) is 37.1 Å². The highest BCUT2D eigenvalue weighted by Crippen LogP contribution is 2.26. The van der Waals surface area contributed by atoms with Crippen LogP contribution in [0.2, 0.25) is 0 Å². The maximum atomic E-state index is 13.2. The number of rotatable bonds is 7. The SMILES string of the molecule is Cc1nc(-c2cccc(S(=O)(=O)N3CCC(C(=O)NCCc4nc5ccccc5[nH]4)CC3)c2)no1. The zero-order valence-electron chi connectivity index (χ0n) is 19.3. The monoisotopic (exact) mass is 494 g/mol. The lowest BCUT2D eigenvalue weighted by Crippen LogP contribution is -2.43. The molecule has 3 heterocycles. The summed E-state index contributed by atoms with van der Waals surface area (Å²) < 4.78 is 32.8. The number of carbonyl (C=O) groups is 1. The summed E-state index contributed by atoms with van der Waals surface area (Å²) in [6, 6.07) is 14.3. The van der Waals surface area contributed by atoms with Gasteiger partial charge in [-0.2, -0.15) is 9.29 Å². The van der Waals surface area contributed by atoms with Gasteiger partial charge in [-0.15, -0.1) is 0 Å². The number of hydrogen-bond acceptors (Lipinski definition) is 7. The average molecular weight is 495 g/mol. The second-order valence-electron chi connectivity index (χ2n) is 8.58. The first-order valence-corrected chi connectivity index (χ1v) is 13.0. The molecule has 182 valence electrons. The van der Waals surface area contributed by atoms with Gasteiger partial charge in [-0.1, -0.05) is 29.4 Å². The standard InChI is InChI=1S/C24H26N6O4S/c1-16-26-23(29-34-16)18-5-4-6-19(15-18)35(32,33)30-13-10-17(11-14-30)24(31)25-12-9-22-27-20-7-2-3-8-21(20)28-22/h2-8,15,17H,9-14H2,1H3,(H,25,31)(H,27,28). The molecule has 0 spiro atoms. The molecule has 10 nitrogen and oxygen atoms in total. The number of hydrogen-bond donors (Lipinski definition) is 2. The Kier molecular flexibility index (Phi) is 6.35. The fraction of sp³-hybridized carbons (Fsp3) is 0.333. The maximum absolute atomic E-state index is 13.2. The predicted molar refractivity (Wildman–Crippen MR) is 129 cm³/mol. The topological polar surface area (TPSA) is 134 Å². The zero-order valence-corrected chi connectivity index (χ0v) is 20.1. The summed E-state index contributed by atoms with van der Waals surface area (Å²) >= 11 is 0. The number of sulfonamides is 1. The Morgan fingerprint density at radius 3 is 2.69 bits per heavy atom. The highest BCUT2D eigenvalue weighted by molar-refractivity contribution is 7.89. The lowest BCUT2D eigenvalue weighted by Gasteiger charge is -2.30. The second kappa shape index (κ2) is 9.59. The largest absolute Gasteiger partial charge is 0.355 e. The summed E-state index contributed by atoms with van der Waals surface area (Å²) in [4.78, 5) is 24.8. The molecule has 1 saturated heterocycles. The number of benzene rings is 2. The molecule has 0 bridgehead atoms. The number of nitrogens with zero attached hydrogens (tertiary/aromatic N) is 4. The van der Waals surface area contributed by atoms with Gasteiger partial charge in [0.15, 0.2) is 0 Å². The van der Waals surface area contributed by atoms with Crippen LogP contribution in [-0.2, 0) is 21.2 Å². The van der Waals surface area contributed by atoms with E-state index in [-0.39, 0.29) is 29.8 Å². The van der Waals surface area contributed by atoms with Gasteiger partial charge >= 0.3 is 0 Å². The number of para-hydroxylation sites is 2. The number of aryl methyl sites for hydroxylation is 1. The number of imidazole rings is 1. The van der Waals surface area contributed by atoms with E-state index in [1.165, 1.54) is 4.31 Å². The molecule has 0 radical (unpaired) electrons. The molecule has 0 aliphatic carbocycles. The van der Waals surface area contributed by atoms with E-state index in [4.69, 9.17) is 4.52 Å². The summed E-state index contributed by atoms with van der Waals surface area (Å²) in [5, 5.41) is 6.83. The molecule has 1 amide bonds. The van der Waals surface area contributed by atoms with Gasteiger partial charge < -0.3 is 14.8 Å². The van der Waals surface area contributed by atoms with Gasteiger partial charge in [0.1, 0.15) is 5.82 Å². The summed E-state index contributed by atoms with van der Waals surface area (Å²) in [7, 11) is -3.70. The second-order valence-corrected chi connectivity index (χ2v) is 10.5. The first-order chi connectivity index (χ1) is 16.9. The molecule has 2 aromatic carbocycles. The van der Waals surface area contributed by atoms with Gasteiger partial charge in [-0.25, -0.2) is 13.4 Å². The molecule has 4 aromatic rings. The summed E-state index contributed by atoms with van der Waals surface area (Å²) in [5.41, 5.74) is 2.45. The summed E-state index contributed by atoms with van der Waals surface area (Å²) in [5.74, 6) is 1.31. The van der Waals surface area contributed by atoms with Crippen LogP contribution in [0.4, 0.5) is 0 Å². The van der Waals surface area contributed by atoms with Crippen molar-refractivity contribution >= 4 is 27.0 Å². The Bertz CT molecular complexity index is 1420. The number of aromatic amines is 1. The van der Waals surface area contributed by atoms with E-state index < -0.39 is 10.0 Å². The van der Waals surface area contributed by atoms with Crippen LogP contribution in [0.1, 0.15) is 24.6 Å². The van der Waals surface area contributed by atoms with Gasteiger partial charge in [0.2, 0.25) is 27.6 Å². The van der Waals surface area contributed by atoms with E-state index in [1.54, 1.807) is 31.2 Å². The third kappa shape index (κ3) is 4.96. The van der Waals surface area contributed by atoms with Crippen molar-refractivity contribution in [1.29, 1.82) is 0 Å². The average Bonchev–Trinajstić information content (AvgIpc) is 3.50. The van der Waals surface area contributed by atoms with Crippen LogP contribution in [-0.4, -0.2) is 58.4 Å². The quantitative estimate of drug-likeness (QED) is 0.403. The van der Waals surface area contributed by atoms with E-state index in [0.717, 1.165) is 16.9 Å². The Balaban J connectivity index is 1.15. The van der Waals surface area contributed by atoms with Crippen LogP contribution in [0, 0.1) is 12.8 Å². The van der Waals surface area contributed by atoms with Crippen molar-refractivity contribution < 1.29 is 17.7 Å². The van der Waals surface area contributed by atoms with E-state index in [9.17, 15) is 13.2 Å². The van der Waals surface area contributed by atoms with E-state index in [1.807, 2.05) is 24.3 Å². The van der Waals surface area contributed by atoms with Crippen molar-refractivity contribution in [3.63, 3.8) is 0 Å². The number of fused-ring (bicyclic) bond motifs is 1. The van der Waals surface area contributed by atoms with Crippen LogP contribution in [0.5, 0.6) is 0 Å². The minimum atomic E-state index is -3.70. The van der Waals surface area contributed by atoms with Crippen molar-refractivity contribution in [3.05, 3.63) is 60.2 Å². The number of amides is 1. The smallest absolute Gasteiger partial charge is 0.243 e. The third-order valence-electron chi connectivity index (χ3n) is 6.18. The Morgan fingerprint density at radius 1 is 1.14 bits per heavy atom. The molecule has 11 heteroatoms. The van der Waals surface area contributed by atoms with Crippen LogP contribution in [0.15, 0.2) is 57.9 Å². The summed E-state index contributed by atoms with van der Waals surface area (Å²) in [6.45, 7) is 2.72. The molecule has 2 N–H and O–H groups in total. The fourth-order valence-electron chi connectivity index (χ4n) is 4.29. The van der Waals surface area contributed by atoms with Crippen molar-refractivity contribution in [2.75, 3.05) is 19.6 Å². The molecule has 0 atom stereocenters. The van der Waals surface area contributed by atoms with Crippen molar-refractivity contribution in [2.24, 2.45) is 5.92 Å². The van der Waals surface area contributed by atoms with Gasteiger partial charge in [-0.3, -0.25) is 4.79 Å². The Hall–Kier alpha value is -3.57. The van der Waals surface area contributed by atoms with Crippen LogP contribution >= 0.6 is 0 Å². The predicted octanol–water partition coefficient (Wildman–Crippen LogP) is 2.68. The minimum Gasteiger partial charge on any atom is -0.355 e. The molecule has 1 fully saturated rings. The van der Waals surface area contributed by atoms with Crippen molar-refractivity contribution in [1.82, 2.24) is 29.7 Å². The molecule has 2 aromatic heterocycles. The normalized spacial score (nSPS) is 15.5. The fourth-order valence-corrected chi connectivity index (χ4v) is 5.81. The van der Waals surface area contributed by atoms with Crippen LogP contribution in [0.25, 0.3) is 22.4 Å². The highest BCUT2D eigenvalue weighted by atomic mass is 32.2. The molecule has 35 heavy (non-hydrogen) atoms. The molecular weight excluding hydrogens is 468 g/mol. The van der Waals surface area contributed by atoms with Gasteiger partial charge in [0.25, 0.3) is 0 Å². The van der Waals surface area contributed by atoms with Gasteiger partial charge in [0, 0.05) is 44.5 Å². The molecule has 0 unspecified atom stereocenters. The third-order valence-corrected chi connectivity index (χ3v) is 8.08. The number of nitrogens with one attached hydrogen (secondary N) is 2. The molecular formula is C24H26N6O4S. The Morgan fingerprint density at radius 2 is 1.94 bits per heavy atom. The van der Waals surface area contributed by atoms with Gasteiger partial charge in [0.05, 0.1) is 15.9 Å². The number of piperidine rings is 1. The molecule has 1 aliphatic rings. The zero-order chi connectivity index (χ0) is 24.4. The number of H-pyrrole nitrogens is 1. The first-order valence-electron chi connectivity index (χ1n) is 11.5. The number of aromatic nitrogens is 4. The Labute approximate surface area is 202 Å². The first kappa shape index (κ1) is 23.2. The van der Waals surface area contributed by atoms with Crippen molar-refractivity contribution in [3.8, 4) is 11.4 Å². The van der Waals surface area contributed by atoms with Crippen LogP contribution < -0.4 is 5.32 Å². The molecule has 0 saturated carbocycles. The lowest BCUT2D eigenvalue weighted by molar-refractivity contribution is -0.126. The van der Waals surface area contributed by atoms with Crippen molar-refractivity contribution in [2.45, 2.75) is 31.1 Å². The lowest BCUT2D eigenvalue weighted by atomic mass is 9.97. The minimum absolute atomic E-state index is 0.0485. The molecule has 1 aliphatic heterocycles. The van der Waals surface area contributed by atoms with Crippen LogP contribution in [0.3, 0.4) is 0 Å². The van der Waals surface area contributed by atoms with E-state index in [0.29, 0.717) is 43.1 Å². The summed E-state index contributed by atoms with van der Waals surface area (Å²) in [6.07, 6.45) is 1.54. The highest BCUT2D eigenvalue weighted by Gasteiger charge is 2.32. The molecule has 5 rings (SSSR count).